The van der Waals surface area contributed by atoms with E-state index in [0.29, 0.717) is 6.54 Å². The van der Waals surface area contributed by atoms with E-state index in [0.717, 1.165) is 29.4 Å². The van der Waals surface area contributed by atoms with Crippen molar-refractivity contribution in [1.29, 1.82) is 0 Å². The van der Waals surface area contributed by atoms with Gasteiger partial charge in [0.25, 0.3) is 0 Å². The average Bonchev–Trinajstić information content (AvgIpc) is 3.09. The normalized spacial score (nSPS) is 17.0. The summed E-state index contributed by atoms with van der Waals surface area (Å²) in [4.78, 5) is 16.3. The molecule has 0 N–H and O–H groups in total. The molecule has 7 heteroatoms. The van der Waals surface area contributed by atoms with E-state index < -0.39 is 10.0 Å². The number of nitrogens with zero attached hydrogens (tertiary/aromatic N) is 2. The number of carbonyl (C=O) groups excluding carboxylic acids is 1. The molecule has 1 aliphatic heterocycles. The molecule has 0 saturated carbocycles. The van der Waals surface area contributed by atoms with Crippen molar-refractivity contribution in [2.75, 3.05) is 25.9 Å². The Morgan fingerprint density at radius 2 is 2.07 bits per heavy atom. The zero-order valence-corrected chi connectivity index (χ0v) is 17.2. The van der Waals surface area contributed by atoms with Crippen molar-refractivity contribution in [2.45, 2.75) is 19.4 Å². The molecular weight excluding hydrogens is 380 g/mol. The molecule has 3 rings (SSSR count). The fourth-order valence-corrected chi connectivity index (χ4v) is 5.14. The molecule has 5 nitrogen and oxygen atoms in total. The first-order valence-electron chi connectivity index (χ1n) is 8.80. The molecule has 0 bridgehead atoms. The number of sulfonamides is 1. The van der Waals surface area contributed by atoms with E-state index >= 15 is 0 Å². The second-order valence-electron chi connectivity index (χ2n) is 6.74. The van der Waals surface area contributed by atoms with E-state index in [1.54, 1.807) is 11.3 Å². The number of hydrogen-bond acceptors (Lipinski definition) is 4. The van der Waals surface area contributed by atoms with E-state index in [9.17, 15) is 13.2 Å². The number of hydrogen-bond donors (Lipinski definition) is 0. The minimum absolute atomic E-state index is 0.122. The van der Waals surface area contributed by atoms with E-state index in [1.807, 2.05) is 36.1 Å². The van der Waals surface area contributed by atoms with Crippen LogP contribution >= 0.6 is 11.3 Å². The smallest absolute Gasteiger partial charge is 0.238 e. The molecule has 1 atom stereocenters. The maximum absolute atomic E-state index is 13.1. The molecule has 0 saturated heterocycles. The molecule has 0 fully saturated rings. The molecule has 144 valence electrons. The van der Waals surface area contributed by atoms with Crippen molar-refractivity contribution in [1.82, 2.24) is 9.21 Å². The highest BCUT2D eigenvalue weighted by Gasteiger charge is 2.34. The van der Waals surface area contributed by atoms with E-state index in [-0.39, 0.29) is 25.0 Å². The largest absolute Gasteiger partial charge is 0.330 e. The summed E-state index contributed by atoms with van der Waals surface area (Å²) < 4.78 is 25.2. The van der Waals surface area contributed by atoms with Crippen molar-refractivity contribution in [3.63, 3.8) is 0 Å². The van der Waals surface area contributed by atoms with Crippen molar-refractivity contribution in [3.8, 4) is 0 Å². The highest BCUT2D eigenvalue weighted by molar-refractivity contribution is 7.88. The number of thiophene rings is 1. The molecule has 1 aromatic heterocycles. The Labute approximate surface area is 165 Å². The van der Waals surface area contributed by atoms with Gasteiger partial charge in [-0.3, -0.25) is 4.79 Å². The van der Waals surface area contributed by atoms with Crippen molar-refractivity contribution >= 4 is 27.3 Å². The summed E-state index contributed by atoms with van der Waals surface area (Å²) in [6.45, 7) is 6.17. The molecule has 0 spiro atoms. The lowest BCUT2D eigenvalue weighted by Crippen LogP contribution is -2.46. The van der Waals surface area contributed by atoms with Crippen LogP contribution in [0.1, 0.15) is 27.6 Å². The fourth-order valence-electron chi connectivity index (χ4n) is 3.52. The van der Waals surface area contributed by atoms with Crippen LogP contribution in [0.15, 0.2) is 48.4 Å². The van der Waals surface area contributed by atoms with Gasteiger partial charge in [0.05, 0.1) is 18.8 Å². The summed E-state index contributed by atoms with van der Waals surface area (Å²) in [5.74, 6) is -0.188. The second-order valence-corrected chi connectivity index (χ2v) is 9.72. The average molecular weight is 405 g/mol. The van der Waals surface area contributed by atoms with Gasteiger partial charge in [0, 0.05) is 18.0 Å². The van der Waals surface area contributed by atoms with Crippen molar-refractivity contribution in [2.24, 2.45) is 0 Å². The molecule has 0 aliphatic carbocycles. The van der Waals surface area contributed by atoms with E-state index in [1.165, 1.54) is 15.3 Å². The van der Waals surface area contributed by atoms with Crippen LogP contribution < -0.4 is 0 Å². The molecule has 1 aromatic carbocycles. The predicted molar refractivity (Wildman–Crippen MR) is 109 cm³/mol. The quantitative estimate of drug-likeness (QED) is 0.696. The number of rotatable bonds is 6. The lowest BCUT2D eigenvalue weighted by atomic mass is 9.90. The predicted octanol–water partition coefficient (Wildman–Crippen LogP) is 2.98. The standard InChI is InChI=1S/C20H24N2O3S2/c1-4-11-21(27(3,24)25)14-19(23)22-12-9-18-17(10-13-26-18)20(22)16-8-6-5-7-15(16)2/h4-8,10,13,20H,1,9,11-12,14H2,2-3H3/t20-/m0/s1. The summed E-state index contributed by atoms with van der Waals surface area (Å²) in [6.07, 6.45) is 3.41. The van der Waals surface area contributed by atoms with E-state index in [4.69, 9.17) is 0 Å². The van der Waals surface area contributed by atoms with Gasteiger partial charge in [0.15, 0.2) is 0 Å². The SMILES string of the molecule is C=CCN(CC(=O)N1CCc2sccc2[C@@H]1c1ccccc1C)S(C)(=O)=O. The Kier molecular flexibility index (Phi) is 5.83. The summed E-state index contributed by atoms with van der Waals surface area (Å²) in [5, 5.41) is 2.06. The summed E-state index contributed by atoms with van der Waals surface area (Å²) in [7, 11) is -3.48. The first kappa shape index (κ1) is 19.8. The van der Waals surface area contributed by atoms with Crippen LogP contribution in [0, 0.1) is 6.92 Å². The first-order valence-corrected chi connectivity index (χ1v) is 11.5. The van der Waals surface area contributed by atoms with Gasteiger partial charge in [-0.25, -0.2) is 8.42 Å². The Balaban J connectivity index is 1.97. The highest BCUT2D eigenvalue weighted by atomic mass is 32.2. The van der Waals surface area contributed by atoms with Gasteiger partial charge in [-0.2, -0.15) is 4.31 Å². The third-order valence-electron chi connectivity index (χ3n) is 4.88. The van der Waals surface area contributed by atoms with E-state index in [2.05, 4.69) is 18.0 Å². The van der Waals surface area contributed by atoms with Crippen LogP contribution in [-0.2, 0) is 21.2 Å². The lowest BCUT2D eigenvalue weighted by Gasteiger charge is -2.38. The number of benzene rings is 1. The van der Waals surface area contributed by atoms with Crippen LogP contribution in [0.25, 0.3) is 0 Å². The van der Waals surface area contributed by atoms with Crippen molar-refractivity contribution < 1.29 is 13.2 Å². The Bertz CT molecular complexity index is 950. The number of amides is 1. The Morgan fingerprint density at radius 1 is 1.33 bits per heavy atom. The van der Waals surface area contributed by atoms with Gasteiger partial charge in [-0.15, -0.1) is 17.9 Å². The molecule has 0 radical (unpaired) electrons. The fraction of sp³-hybridized carbons (Fsp3) is 0.350. The molecule has 2 aromatic rings. The zero-order valence-electron chi connectivity index (χ0n) is 15.6. The van der Waals surface area contributed by atoms with Gasteiger partial charge in [-0.05, 0) is 41.5 Å². The summed E-state index contributed by atoms with van der Waals surface area (Å²) in [6, 6.07) is 9.95. The van der Waals surface area contributed by atoms with Gasteiger partial charge in [0.2, 0.25) is 15.9 Å². The molecule has 1 amide bonds. The Morgan fingerprint density at radius 3 is 2.74 bits per heavy atom. The van der Waals surface area contributed by atoms with Crippen molar-refractivity contribution in [3.05, 3.63) is 69.9 Å². The molecular formula is C20H24N2O3S2. The van der Waals surface area contributed by atoms with Gasteiger partial charge in [-0.1, -0.05) is 30.3 Å². The third kappa shape index (κ3) is 4.15. The topological polar surface area (TPSA) is 57.7 Å². The number of fused-ring (bicyclic) bond motifs is 1. The van der Waals surface area contributed by atoms with Crippen LogP contribution in [-0.4, -0.2) is 49.4 Å². The monoisotopic (exact) mass is 404 g/mol. The molecule has 2 heterocycles. The zero-order chi connectivity index (χ0) is 19.6. The van der Waals surface area contributed by atoms with Crippen LogP contribution in [0.4, 0.5) is 0 Å². The maximum Gasteiger partial charge on any atom is 0.238 e. The minimum Gasteiger partial charge on any atom is -0.330 e. The third-order valence-corrected chi connectivity index (χ3v) is 7.10. The number of aryl methyl sites for hydroxylation is 1. The lowest BCUT2D eigenvalue weighted by molar-refractivity contribution is -0.133. The van der Waals surface area contributed by atoms with Crippen LogP contribution in [0.3, 0.4) is 0 Å². The highest BCUT2D eigenvalue weighted by Crippen LogP contribution is 2.38. The van der Waals surface area contributed by atoms with Gasteiger partial charge >= 0.3 is 0 Å². The summed E-state index contributed by atoms with van der Waals surface area (Å²) in [5.41, 5.74) is 3.34. The van der Waals surface area contributed by atoms with Crippen LogP contribution in [0.5, 0.6) is 0 Å². The van der Waals surface area contributed by atoms with Gasteiger partial charge < -0.3 is 4.90 Å². The second kappa shape index (κ2) is 7.96. The number of carbonyl (C=O) groups is 1. The van der Waals surface area contributed by atoms with Crippen LogP contribution in [0.2, 0.25) is 0 Å². The Hall–Kier alpha value is -1.96. The first-order chi connectivity index (χ1) is 12.8. The molecule has 0 unspecified atom stereocenters. The molecule has 1 aliphatic rings. The molecule has 27 heavy (non-hydrogen) atoms. The maximum atomic E-state index is 13.1. The van der Waals surface area contributed by atoms with Gasteiger partial charge in [0.1, 0.15) is 0 Å². The minimum atomic E-state index is -3.48. The summed E-state index contributed by atoms with van der Waals surface area (Å²) >= 11 is 1.71.